The fraction of sp³-hybridized carbons (Fsp3) is 0.562. The van der Waals surface area contributed by atoms with E-state index in [1.807, 2.05) is 46.8 Å². The van der Waals surface area contributed by atoms with Gasteiger partial charge in [0.05, 0.1) is 23.2 Å². The summed E-state index contributed by atoms with van der Waals surface area (Å²) in [4.78, 5) is 16.7. The maximum Gasteiger partial charge on any atom is 0.415 e. The van der Waals surface area contributed by atoms with Crippen molar-refractivity contribution in [1.82, 2.24) is 0 Å². The fourth-order valence-electron chi connectivity index (χ4n) is 2.05. The van der Waals surface area contributed by atoms with Crippen LogP contribution in [0.1, 0.15) is 34.6 Å². The van der Waals surface area contributed by atoms with Gasteiger partial charge in [0, 0.05) is 4.91 Å². The Hall–Kier alpha value is -1.92. The first-order chi connectivity index (χ1) is 11.3. The Bertz CT molecular complexity index is 624. The summed E-state index contributed by atoms with van der Waals surface area (Å²) in [7, 11) is 0. The summed E-state index contributed by atoms with van der Waals surface area (Å²) < 4.78 is 12.0. The Kier molecular flexibility index (Phi) is 7.38. The van der Waals surface area contributed by atoms with Crippen molar-refractivity contribution in [1.29, 1.82) is 0 Å². The number of carbonyl (C=O) groups is 1. The van der Waals surface area contributed by atoms with Crippen LogP contribution >= 0.6 is 15.9 Å². The first-order valence-corrected chi connectivity index (χ1v) is 8.57. The van der Waals surface area contributed by atoms with Crippen LogP contribution in [0.2, 0.25) is 0 Å². The van der Waals surface area contributed by atoms with E-state index in [1.54, 1.807) is 6.07 Å². The van der Waals surface area contributed by atoms with Gasteiger partial charge in [-0.1, -0.05) is 25.0 Å². The zero-order valence-corrected chi connectivity index (χ0v) is 16.2. The number of para-hydroxylation sites is 1. The molecule has 1 atom stereocenters. The van der Waals surface area contributed by atoms with Gasteiger partial charge in [-0.2, -0.15) is 0 Å². The molecule has 0 fully saturated rings. The molecule has 1 aromatic carbocycles. The smallest absolute Gasteiger partial charge is 0.415 e. The number of hydrogen-bond acceptors (Lipinski definition) is 4. The van der Waals surface area contributed by atoms with Crippen LogP contribution in [0.5, 0.6) is 5.75 Å². The first-order valence-electron chi connectivity index (χ1n) is 7.78. The van der Waals surface area contributed by atoms with E-state index in [1.165, 1.54) is 4.90 Å². The Morgan fingerprint density at radius 2 is 2.17 bits per heavy atom. The lowest BCUT2D eigenvalue weighted by atomic mass is 10.2. The van der Waals surface area contributed by atoms with Gasteiger partial charge >= 0.3 is 6.09 Å². The average Bonchev–Trinajstić information content (AvgIpc) is 2.53. The van der Waals surface area contributed by atoms with Crippen LogP contribution in [-0.4, -0.2) is 30.9 Å². The molecule has 132 valence electrons. The lowest BCUT2D eigenvalue weighted by Gasteiger charge is -2.35. The number of fused-ring (bicyclic) bond motifs is 1. The number of anilines is 1. The topological polar surface area (TPSA) is 87.5 Å². The van der Waals surface area contributed by atoms with Crippen molar-refractivity contribution in [2.24, 2.45) is 5.11 Å². The molecular formula is C16H23BrN4O3. The Morgan fingerprint density at radius 3 is 2.75 bits per heavy atom. The molecule has 0 bridgehead atoms. The Morgan fingerprint density at radius 1 is 1.50 bits per heavy atom. The highest BCUT2D eigenvalue weighted by Gasteiger charge is 2.33. The van der Waals surface area contributed by atoms with Crippen molar-refractivity contribution in [3.8, 4) is 5.75 Å². The number of rotatable bonds is 2. The summed E-state index contributed by atoms with van der Waals surface area (Å²) in [5.41, 5.74) is 8.49. The fourth-order valence-corrected chi connectivity index (χ4v) is 2.49. The van der Waals surface area contributed by atoms with Crippen molar-refractivity contribution in [3.05, 3.63) is 33.1 Å². The van der Waals surface area contributed by atoms with Gasteiger partial charge in [0.1, 0.15) is 11.7 Å². The monoisotopic (exact) mass is 398 g/mol. The van der Waals surface area contributed by atoms with E-state index in [2.05, 4.69) is 26.0 Å². The number of azide groups is 1. The molecule has 0 radical (unpaired) electrons. The van der Waals surface area contributed by atoms with E-state index in [0.29, 0.717) is 11.4 Å². The van der Waals surface area contributed by atoms with Crippen LogP contribution in [0.15, 0.2) is 27.8 Å². The minimum atomic E-state index is -0.595. The molecule has 0 aliphatic carbocycles. The molecule has 7 nitrogen and oxygen atoms in total. The molecule has 1 aliphatic heterocycles. The molecule has 0 aromatic heterocycles. The van der Waals surface area contributed by atoms with E-state index in [4.69, 9.17) is 15.0 Å². The second-order valence-corrected chi connectivity index (χ2v) is 6.69. The number of hydrogen-bond donors (Lipinski definition) is 0. The van der Waals surface area contributed by atoms with E-state index in [-0.39, 0.29) is 13.1 Å². The van der Waals surface area contributed by atoms with Crippen molar-refractivity contribution in [2.45, 2.75) is 46.3 Å². The number of nitrogens with zero attached hydrogens (tertiary/aromatic N) is 4. The SMILES string of the molecule is CC.CC(C)(C)OC(=O)N1C[C@@H](CN=[N+]=[N-])Oc2c(Br)cccc21. The molecule has 0 saturated heterocycles. The molecule has 8 heteroatoms. The van der Waals surface area contributed by atoms with Gasteiger partial charge in [-0.25, -0.2) is 4.79 Å². The number of halogens is 1. The zero-order valence-electron chi connectivity index (χ0n) is 14.6. The van der Waals surface area contributed by atoms with E-state index >= 15 is 0 Å². The maximum absolute atomic E-state index is 12.4. The van der Waals surface area contributed by atoms with E-state index in [0.717, 1.165) is 4.47 Å². The first kappa shape index (κ1) is 20.1. The number of carbonyl (C=O) groups excluding carboxylic acids is 1. The summed E-state index contributed by atoms with van der Waals surface area (Å²) in [6, 6.07) is 5.42. The minimum absolute atomic E-state index is 0.135. The van der Waals surface area contributed by atoms with E-state index in [9.17, 15) is 4.79 Å². The van der Waals surface area contributed by atoms with Gasteiger partial charge in [0.2, 0.25) is 0 Å². The van der Waals surface area contributed by atoms with Crippen LogP contribution in [-0.2, 0) is 4.74 Å². The molecule has 1 heterocycles. The molecule has 2 rings (SSSR count). The minimum Gasteiger partial charge on any atom is -0.485 e. The highest BCUT2D eigenvalue weighted by Crippen LogP contribution is 2.40. The third-order valence-electron chi connectivity index (χ3n) is 2.87. The van der Waals surface area contributed by atoms with Gasteiger partial charge in [0.15, 0.2) is 5.75 Å². The lowest BCUT2D eigenvalue weighted by Crippen LogP contribution is -2.46. The second kappa shape index (κ2) is 8.80. The third-order valence-corrected chi connectivity index (χ3v) is 3.49. The van der Waals surface area contributed by atoms with Gasteiger partial charge in [-0.15, -0.1) is 0 Å². The summed E-state index contributed by atoms with van der Waals surface area (Å²) in [5, 5.41) is 3.53. The van der Waals surface area contributed by atoms with Crippen LogP contribution < -0.4 is 9.64 Å². The normalized spacial score (nSPS) is 15.9. The molecule has 1 aliphatic rings. The molecule has 1 amide bonds. The predicted octanol–water partition coefficient (Wildman–Crippen LogP) is 5.29. The third kappa shape index (κ3) is 5.32. The molecule has 0 N–H and O–H groups in total. The maximum atomic E-state index is 12.4. The zero-order chi connectivity index (χ0) is 18.3. The average molecular weight is 399 g/mol. The molecule has 24 heavy (non-hydrogen) atoms. The standard InChI is InChI=1S/C14H17BrN4O3.C2H6/c1-14(2,3)22-13(20)19-8-9(7-17-18-16)21-12-10(15)5-4-6-11(12)19;1-2/h4-6,9H,7-8H2,1-3H3;1-2H3/t9-;/m1./s1. The summed E-state index contributed by atoms with van der Waals surface area (Å²) in [6.45, 7) is 9.83. The number of benzene rings is 1. The van der Waals surface area contributed by atoms with E-state index < -0.39 is 17.8 Å². The highest BCUT2D eigenvalue weighted by atomic mass is 79.9. The van der Waals surface area contributed by atoms with Crippen molar-refractivity contribution < 1.29 is 14.3 Å². The largest absolute Gasteiger partial charge is 0.485 e. The van der Waals surface area contributed by atoms with Gasteiger partial charge in [-0.3, -0.25) is 4.90 Å². The van der Waals surface area contributed by atoms with Crippen LogP contribution in [0.4, 0.5) is 10.5 Å². The second-order valence-electron chi connectivity index (χ2n) is 5.83. The predicted molar refractivity (Wildman–Crippen MR) is 97.5 cm³/mol. The molecule has 0 unspecified atom stereocenters. The van der Waals surface area contributed by atoms with Gasteiger partial charge in [-0.05, 0) is 54.4 Å². The lowest BCUT2D eigenvalue weighted by molar-refractivity contribution is 0.0549. The number of ether oxygens (including phenoxy) is 2. The Labute approximate surface area is 150 Å². The highest BCUT2D eigenvalue weighted by molar-refractivity contribution is 9.10. The van der Waals surface area contributed by atoms with Crippen molar-refractivity contribution >= 4 is 27.7 Å². The van der Waals surface area contributed by atoms with Gasteiger partial charge in [0.25, 0.3) is 0 Å². The molecular weight excluding hydrogens is 376 g/mol. The van der Waals surface area contributed by atoms with Crippen LogP contribution in [0, 0.1) is 0 Å². The van der Waals surface area contributed by atoms with Crippen LogP contribution in [0.25, 0.3) is 10.4 Å². The Balaban J connectivity index is 0.00000139. The van der Waals surface area contributed by atoms with Crippen molar-refractivity contribution in [3.63, 3.8) is 0 Å². The number of amides is 1. The summed E-state index contributed by atoms with van der Waals surface area (Å²) >= 11 is 3.41. The molecule has 1 aromatic rings. The summed E-state index contributed by atoms with van der Waals surface area (Å²) in [6.07, 6.45) is -0.879. The van der Waals surface area contributed by atoms with Gasteiger partial charge < -0.3 is 9.47 Å². The van der Waals surface area contributed by atoms with Crippen molar-refractivity contribution in [2.75, 3.05) is 18.0 Å². The summed E-state index contributed by atoms with van der Waals surface area (Å²) in [5.74, 6) is 0.540. The van der Waals surface area contributed by atoms with Crippen LogP contribution in [0.3, 0.4) is 0 Å². The molecule has 0 spiro atoms. The molecule has 0 saturated carbocycles. The quantitative estimate of drug-likeness (QED) is 0.385.